The van der Waals surface area contributed by atoms with E-state index in [4.69, 9.17) is 4.74 Å². The summed E-state index contributed by atoms with van der Waals surface area (Å²) in [5.41, 5.74) is 3.42. The molecule has 0 unspecified atom stereocenters. The van der Waals surface area contributed by atoms with E-state index in [1.807, 2.05) is 53.4 Å². The van der Waals surface area contributed by atoms with Gasteiger partial charge in [0.2, 0.25) is 11.8 Å². The zero-order valence-electron chi connectivity index (χ0n) is 19.1. The average molecular weight is 444 g/mol. The number of amides is 2. The Morgan fingerprint density at radius 1 is 1.03 bits per heavy atom. The third-order valence-electron chi connectivity index (χ3n) is 6.49. The predicted octanol–water partition coefficient (Wildman–Crippen LogP) is 3.51. The van der Waals surface area contributed by atoms with Gasteiger partial charge in [0, 0.05) is 38.1 Å². The maximum atomic E-state index is 13.2. The van der Waals surface area contributed by atoms with E-state index in [1.54, 1.807) is 26.6 Å². The Hall–Kier alpha value is -3.67. The van der Waals surface area contributed by atoms with Crippen molar-refractivity contribution in [2.45, 2.75) is 19.3 Å². The van der Waals surface area contributed by atoms with Crippen molar-refractivity contribution in [3.63, 3.8) is 0 Å². The van der Waals surface area contributed by atoms with Gasteiger partial charge in [-0.3, -0.25) is 14.6 Å². The molecule has 0 aliphatic carbocycles. The minimum absolute atomic E-state index is 0.00713. The first-order valence-corrected chi connectivity index (χ1v) is 11.2. The van der Waals surface area contributed by atoms with Crippen LogP contribution in [-0.2, 0) is 22.4 Å². The lowest BCUT2D eigenvalue weighted by Gasteiger charge is -2.29. The number of carbonyl (C=O) groups is 2. The highest BCUT2D eigenvalue weighted by atomic mass is 16.5. The Balaban J connectivity index is 1.58. The first-order chi connectivity index (χ1) is 16.1. The van der Waals surface area contributed by atoms with E-state index in [2.05, 4.69) is 22.4 Å². The summed E-state index contributed by atoms with van der Waals surface area (Å²) in [7, 11) is 3.27. The summed E-state index contributed by atoms with van der Waals surface area (Å²) >= 11 is 0. The Kier molecular flexibility index (Phi) is 6.73. The van der Waals surface area contributed by atoms with Crippen molar-refractivity contribution >= 4 is 11.8 Å². The lowest BCUT2D eigenvalue weighted by atomic mass is 9.78. The fourth-order valence-electron chi connectivity index (χ4n) is 4.74. The molecule has 0 radical (unpaired) electrons. The van der Waals surface area contributed by atoms with Crippen LogP contribution >= 0.6 is 0 Å². The fraction of sp³-hybridized carbons (Fsp3) is 0.296. The third kappa shape index (κ3) is 4.75. The van der Waals surface area contributed by atoms with Crippen LogP contribution in [0.15, 0.2) is 73.1 Å². The van der Waals surface area contributed by atoms with Crippen molar-refractivity contribution in [2.75, 3.05) is 27.2 Å². The van der Waals surface area contributed by atoms with Crippen LogP contribution in [-0.4, -0.2) is 48.9 Å². The first kappa shape index (κ1) is 22.5. The average Bonchev–Trinajstić information content (AvgIpc) is 3.30. The Morgan fingerprint density at radius 3 is 2.45 bits per heavy atom. The molecule has 4 rings (SSSR count). The van der Waals surface area contributed by atoms with Crippen LogP contribution in [0.25, 0.3) is 11.1 Å². The molecule has 1 fully saturated rings. The van der Waals surface area contributed by atoms with Crippen LogP contribution in [0.3, 0.4) is 0 Å². The lowest BCUT2D eigenvalue weighted by Crippen LogP contribution is -2.44. The molecule has 2 heterocycles. The number of aromatic nitrogens is 1. The minimum Gasteiger partial charge on any atom is -0.496 e. The molecule has 33 heavy (non-hydrogen) atoms. The molecule has 1 atom stereocenters. The van der Waals surface area contributed by atoms with E-state index < -0.39 is 5.41 Å². The van der Waals surface area contributed by atoms with E-state index in [0.29, 0.717) is 31.7 Å². The second-order valence-electron chi connectivity index (χ2n) is 8.48. The SMILES string of the molecule is CNC(=O)[C@@]1(Cc2ccccc2-c2ccncc2)CCN(C(=O)Cc2ccccc2OC)C1. The lowest BCUT2D eigenvalue weighted by molar-refractivity contribution is -0.132. The van der Waals surface area contributed by atoms with Crippen molar-refractivity contribution in [1.29, 1.82) is 0 Å². The number of pyridine rings is 1. The van der Waals surface area contributed by atoms with Gasteiger partial charge >= 0.3 is 0 Å². The number of benzene rings is 2. The second-order valence-corrected chi connectivity index (χ2v) is 8.48. The smallest absolute Gasteiger partial charge is 0.228 e. The summed E-state index contributed by atoms with van der Waals surface area (Å²) in [4.78, 5) is 32.2. The van der Waals surface area contributed by atoms with Gasteiger partial charge in [-0.05, 0) is 47.7 Å². The van der Waals surface area contributed by atoms with Gasteiger partial charge in [-0.2, -0.15) is 0 Å². The molecule has 1 aliphatic rings. The minimum atomic E-state index is -0.672. The van der Waals surface area contributed by atoms with Crippen LogP contribution in [0.2, 0.25) is 0 Å². The van der Waals surface area contributed by atoms with Crippen LogP contribution < -0.4 is 10.1 Å². The number of rotatable bonds is 7. The number of methoxy groups -OCH3 is 1. The van der Waals surface area contributed by atoms with Crippen LogP contribution in [0.5, 0.6) is 5.75 Å². The van der Waals surface area contributed by atoms with Gasteiger partial charge in [0.1, 0.15) is 5.75 Å². The zero-order chi connectivity index (χ0) is 23.3. The number of hydrogen-bond donors (Lipinski definition) is 1. The Bertz CT molecular complexity index is 1130. The molecule has 3 aromatic rings. The van der Waals surface area contributed by atoms with E-state index in [-0.39, 0.29) is 18.2 Å². The van der Waals surface area contributed by atoms with E-state index in [1.165, 1.54) is 0 Å². The second kappa shape index (κ2) is 9.86. The van der Waals surface area contributed by atoms with Gasteiger partial charge in [-0.25, -0.2) is 0 Å². The van der Waals surface area contributed by atoms with Gasteiger partial charge in [0.05, 0.1) is 18.9 Å². The number of ether oxygens (including phenoxy) is 1. The normalized spacial score (nSPS) is 17.6. The first-order valence-electron chi connectivity index (χ1n) is 11.2. The zero-order valence-corrected chi connectivity index (χ0v) is 19.1. The molecule has 1 N–H and O–H groups in total. The summed E-state index contributed by atoms with van der Waals surface area (Å²) in [5, 5.41) is 2.85. The molecule has 0 saturated carbocycles. The number of nitrogens with one attached hydrogen (secondary N) is 1. The van der Waals surface area contributed by atoms with Crippen LogP contribution in [0, 0.1) is 5.41 Å². The standard InChI is InChI=1S/C27H29N3O3/c1-28-26(32)27(18-22-8-3-5-9-23(22)20-11-14-29-15-12-20)13-16-30(19-27)25(31)17-21-7-4-6-10-24(21)33-2/h3-12,14-15H,13,16-19H2,1-2H3,(H,28,32)/t27-/m1/s1. The molecular weight excluding hydrogens is 414 g/mol. The van der Waals surface area contributed by atoms with Crippen molar-refractivity contribution in [2.24, 2.45) is 5.41 Å². The molecule has 1 aliphatic heterocycles. The predicted molar refractivity (Wildman–Crippen MR) is 128 cm³/mol. The molecular formula is C27H29N3O3. The quantitative estimate of drug-likeness (QED) is 0.607. The third-order valence-corrected chi connectivity index (χ3v) is 6.49. The molecule has 0 bridgehead atoms. The van der Waals surface area contributed by atoms with Gasteiger partial charge < -0.3 is 15.0 Å². The van der Waals surface area contributed by atoms with Crippen molar-refractivity contribution in [3.05, 3.63) is 84.2 Å². The molecule has 170 valence electrons. The highest BCUT2D eigenvalue weighted by Crippen LogP contribution is 2.38. The Morgan fingerprint density at radius 2 is 1.73 bits per heavy atom. The van der Waals surface area contributed by atoms with E-state index in [0.717, 1.165) is 22.3 Å². The maximum Gasteiger partial charge on any atom is 0.228 e. The number of para-hydroxylation sites is 1. The number of carbonyl (C=O) groups excluding carboxylic acids is 2. The topological polar surface area (TPSA) is 71.5 Å². The molecule has 6 nitrogen and oxygen atoms in total. The number of hydrogen-bond acceptors (Lipinski definition) is 4. The van der Waals surface area contributed by atoms with Crippen molar-refractivity contribution in [1.82, 2.24) is 15.2 Å². The molecule has 6 heteroatoms. The largest absolute Gasteiger partial charge is 0.496 e. The van der Waals surface area contributed by atoms with E-state index >= 15 is 0 Å². The summed E-state index contributed by atoms with van der Waals surface area (Å²) in [6, 6.07) is 19.6. The summed E-state index contributed by atoms with van der Waals surface area (Å²) in [6.45, 7) is 0.949. The number of likely N-dealkylation sites (tertiary alicyclic amines) is 1. The number of nitrogens with zero attached hydrogens (tertiary/aromatic N) is 2. The van der Waals surface area contributed by atoms with Crippen molar-refractivity contribution in [3.8, 4) is 16.9 Å². The van der Waals surface area contributed by atoms with Gasteiger partial charge in [0.25, 0.3) is 0 Å². The molecule has 0 spiro atoms. The highest BCUT2D eigenvalue weighted by molar-refractivity contribution is 5.86. The van der Waals surface area contributed by atoms with Gasteiger partial charge in [-0.1, -0.05) is 42.5 Å². The van der Waals surface area contributed by atoms with E-state index in [9.17, 15) is 9.59 Å². The van der Waals surface area contributed by atoms with Crippen LogP contribution in [0.1, 0.15) is 17.5 Å². The summed E-state index contributed by atoms with van der Waals surface area (Å²) < 4.78 is 5.40. The van der Waals surface area contributed by atoms with Crippen molar-refractivity contribution < 1.29 is 14.3 Å². The monoisotopic (exact) mass is 443 g/mol. The van der Waals surface area contributed by atoms with Gasteiger partial charge in [-0.15, -0.1) is 0 Å². The fourth-order valence-corrected chi connectivity index (χ4v) is 4.74. The molecule has 2 amide bonds. The highest BCUT2D eigenvalue weighted by Gasteiger charge is 2.45. The molecule has 1 saturated heterocycles. The molecule has 1 aromatic heterocycles. The maximum absolute atomic E-state index is 13.2. The van der Waals surface area contributed by atoms with Crippen LogP contribution in [0.4, 0.5) is 0 Å². The summed E-state index contributed by atoms with van der Waals surface area (Å²) in [5.74, 6) is 0.682. The summed E-state index contributed by atoms with van der Waals surface area (Å²) in [6.07, 6.45) is 4.98. The Labute approximate surface area is 194 Å². The molecule has 2 aromatic carbocycles. The van der Waals surface area contributed by atoms with Gasteiger partial charge in [0.15, 0.2) is 0 Å².